The molecule has 0 aliphatic rings. The van der Waals surface area contributed by atoms with Crippen LogP contribution in [0.15, 0.2) is 64.5 Å². The van der Waals surface area contributed by atoms with Gasteiger partial charge in [-0.1, -0.05) is 42.5 Å². The van der Waals surface area contributed by atoms with Crippen molar-refractivity contribution in [1.82, 2.24) is 10.6 Å². The van der Waals surface area contributed by atoms with E-state index in [-0.39, 0.29) is 6.10 Å². The van der Waals surface area contributed by atoms with Crippen LogP contribution in [-0.4, -0.2) is 47.4 Å². The van der Waals surface area contributed by atoms with Crippen molar-refractivity contribution in [2.45, 2.75) is 24.3 Å². The Morgan fingerprint density at radius 1 is 1.07 bits per heavy atom. The summed E-state index contributed by atoms with van der Waals surface area (Å²) in [5.41, 5.74) is 2.16. The van der Waals surface area contributed by atoms with Crippen LogP contribution < -0.4 is 10.6 Å². The van der Waals surface area contributed by atoms with Gasteiger partial charge in [0.1, 0.15) is 6.10 Å². The topological polar surface area (TPSA) is 79.8 Å². The van der Waals surface area contributed by atoms with Crippen molar-refractivity contribution in [3.05, 3.63) is 65.7 Å². The van der Waals surface area contributed by atoms with Crippen LogP contribution in [0.2, 0.25) is 0 Å². The van der Waals surface area contributed by atoms with Gasteiger partial charge in [0.25, 0.3) is 0 Å². The quantitative estimate of drug-likeness (QED) is 0.497. The predicted molar refractivity (Wildman–Crippen MR) is 113 cm³/mol. The van der Waals surface area contributed by atoms with E-state index in [2.05, 4.69) is 15.6 Å². The number of hydrogen-bond acceptors (Lipinski definition) is 4. The first-order valence-corrected chi connectivity index (χ1v) is 11.2. The lowest BCUT2D eigenvalue weighted by Crippen LogP contribution is -2.38. The number of guanidine groups is 1. The Bertz CT molecular complexity index is 850. The number of methoxy groups -OCH3 is 1. The average Bonchev–Trinajstić information content (AvgIpc) is 2.69. The van der Waals surface area contributed by atoms with Crippen LogP contribution in [0.3, 0.4) is 0 Å². The third-order valence-corrected chi connectivity index (χ3v) is 5.40. The van der Waals surface area contributed by atoms with Crippen molar-refractivity contribution >= 4 is 15.8 Å². The van der Waals surface area contributed by atoms with Crippen LogP contribution in [0.1, 0.15) is 24.2 Å². The Morgan fingerprint density at radius 3 is 2.32 bits per heavy atom. The summed E-state index contributed by atoms with van der Waals surface area (Å²) in [7, 11) is -1.47. The lowest BCUT2D eigenvalue weighted by atomic mass is 10.1. The van der Waals surface area contributed by atoms with Gasteiger partial charge in [-0.3, -0.25) is 4.99 Å². The highest BCUT2D eigenvalue weighted by molar-refractivity contribution is 7.90. The third kappa shape index (κ3) is 6.98. The molecule has 0 aliphatic carbocycles. The highest BCUT2D eigenvalue weighted by atomic mass is 32.2. The summed E-state index contributed by atoms with van der Waals surface area (Å²) in [6, 6.07) is 17.0. The molecule has 0 aliphatic heterocycles. The van der Waals surface area contributed by atoms with Gasteiger partial charge in [0.15, 0.2) is 15.8 Å². The van der Waals surface area contributed by atoms with Crippen molar-refractivity contribution in [1.29, 1.82) is 0 Å². The molecule has 1 atom stereocenters. The first-order chi connectivity index (χ1) is 13.4. The second-order valence-corrected chi connectivity index (χ2v) is 8.46. The van der Waals surface area contributed by atoms with Crippen LogP contribution >= 0.6 is 0 Å². The molecule has 0 fully saturated rings. The van der Waals surface area contributed by atoms with Gasteiger partial charge in [-0.2, -0.15) is 0 Å². The summed E-state index contributed by atoms with van der Waals surface area (Å²) >= 11 is 0. The van der Waals surface area contributed by atoms with E-state index >= 15 is 0 Å². The highest BCUT2D eigenvalue weighted by Crippen LogP contribution is 2.16. The van der Waals surface area contributed by atoms with Crippen LogP contribution in [0.25, 0.3) is 0 Å². The van der Waals surface area contributed by atoms with E-state index in [1.165, 1.54) is 6.26 Å². The Kier molecular flexibility index (Phi) is 8.47. The van der Waals surface area contributed by atoms with Crippen LogP contribution in [0.5, 0.6) is 0 Å². The Labute approximate surface area is 168 Å². The molecule has 0 saturated carbocycles. The lowest BCUT2D eigenvalue weighted by molar-refractivity contribution is 0.111. The fourth-order valence-corrected chi connectivity index (χ4v) is 3.36. The molecule has 2 aromatic rings. The zero-order chi connectivity index (χ0) is 20.4. The van der Waals surface area contributed by atoms with E-state index in [9.17, 15) is 8.42 Å². The molecule has 152 valence electrons. The maximum Gasteiger partial charge on any atom is 0.191 e. The van der Waals surface area contributed by atoms with Crippen molar-refractivity contribution in [2.75, 3.05) is 33.0 Å². The van der Waals surface area contributed by atoms with Crippen LogP contribution in [0.4, 0.5) is 0 Å². The summed E-state index contributed by atoms with van der Waals surface area (Å²) in [4.78, 5) is 4.97. The third-order valence-electron chi connectivity index (χ3n) is 4.27. The van der Waals surface area contributed by atoms with Gasteiger partial charge in [-0.15, -0.1) is 0 Å². The number of benzene rings is 2. The second-order valence-electron chi connectivity index (χ2n) is 6.45. The van der Waals surface area contributed by atoms with Crippen molar-refractivity contribution in [3.8, 4) is 0 Å². The lowest BCUT2D eigenvalue weighted by Gasteiger charge is -2.16. The SMILES string of the molecule is CCNC(=NCC(OC)c1ccccc1)NCCc1ccc(S(C)(=O)=O)cc1. The van der Waals surface area contributed by atoms with Crippen molar-refractivity contribution < 1.29 is 13.2 Å². The predicted octanol–water partition coefficient (Wildman–Crippen LogP) is 2.58. The number of hydrogen-bond donors (Lipinski definition) is 2. The molecule has 2 aromatic carbocycles. The summed E-state index contributed by atoms with van der Waals surface area (Å²) in [5, 5.41) is 6.54. The first-order valence-electron chi connectivity index (χ1n) is 9.33. The number of aliphatic imine (C=N–C) groups is 1. The van der Waals surface area contributed by atoms with Gasteiger partial charge in [-0.25, -0.2) is 8.42 Å². The molecule has 0 heterocycles. The minimum atomic E-state index is -3.16. The molecule has 2 N–H and O–H groups in total. The number of nitrogens with one attached hydrogen (secondary N) is 2. The number of sulfone groups is 1. The normalized spacial score (nSPS) is 13.2. The molecule has 7 heteroatoms. The number of nitrogens with zero attached hydrogens (tertiary/aromatic N) is 1. The fourth-order valence-electron chi connectivity index (χ4n) is 2.73. The Hall–Kier alpha value is -2.38. The average molecular weight is 404 g/mol. The van der Waals surface area contributed by atoms with E-state index in [4.69, 9.17) is 4.74 Å². The van der Waals surface area contributed by atoms with E-state index < -0.39 is 9.84 Å². The molecular weight excluding hydrogens is 374 g/mol. The van der Waals surface area contributed by atoms with Gasteiger partial charge in [0, 0.05) is 26.5 Å². The summed E-state index contributed by atoms with van der Waals surface area (Å²) in [6.45, 7) is 3.98. The minimum absolute atomic E-state index is 0.0970. The molecule has 0 saturated heterocycles. The van der Waals surface area contributed by atoms with E-state index in [0.29, 0.717) is 18.0 Å². The molecule has 0 radical (unpaired) electrons. The summed E-state index contributed by atoms with van der Waals surface area (Å²) in [6.07, 6.45) is 1.88. The molecule has 2 rings (SSSR count). The molecule has 6 nitrogen and oxygen atoms in total. The molecular formula is C21H29N3O3S. The first kappa shape index (κ1) is 21.9. The summed E-state index contributed by atoms with van der Waals surface area (Å²) < 4.78 is 28.6. The minimum Gasteiger partial charge on any atom is -0.375 e. The van der Waals surface area contributed by atoms with Gasteiger partial charge < -0.3 is 15.4 Å². The van der Waals surface area contributed by atoms with Crippen molar-refractivity contribution in [2.24, 2.45) is 4.99 Å². The largest absolute Gasteiger partial charge is 0.375 e. The molecule has 0 amide bonds. The zero-order valence-corrected chi connectivity index (χ0v) is 17.5. The highest BCUT2D eigenvalue weighted by Gasteiger charge is 2.10. The molecule has 1 unspecified atom stereocenters. The van der Waals surface area contributed by atoms with E-state index in [1.807, 2.05) is 49.4 Å². The number of ether oxygens (including phenoxy) is 1. The number of rotatable bonds is 9. The second kappa shape index (κ2) is 10.8. The van der Waals surface area contributed by atoms with Gasteiger partial charge in [0.2, 0.25) is 0 Å². The molecule has 0 bridgehead atoms. The van der Waals surface area contributed by atoms with Gasteiger partial charge in [0.05, 0.1) is 11.4 Å². The van der Waals surface area contributed by atoms with Crippen LogP contribution in [0, 0.1) is 0 Å². The Balaban J connectivity index is 1.92. The zero-order valence-electron chi connectivity index (χ0n) is 16.7. The molecule has 28 heavy (non-hydrogen) atoms. The van der Waals surface area contributed by atoms with E-state index in [1.54, 1.807) is 19.2 Å². The molecule has 0 aromatic heterocycles. The maximum absolute atomic E-state index is 11.5. The Morgan fingerprint density at radius 2 is 1.75 bits per heavy atom. The summed E-state index contributed by atoms with van der Waals surface area (Å²) in [5.74, 6) is 0.730. The van der Waals surface area contributed by atoms with Crippen LogP contribution in [-0.2, 0) is 21.0 Å². The monoisotopic (exact) mass is 403 g/mol. The van der Waals surface area contributed by atoms with E-state index in [0.717, 1.165) is 30.1 Å². The fraction of sp³-hybridized carbons (Fsp3) is 0.381. The smallest absolute Gasteiger partial charge is 0.191 e. The van der Waals surface area contributed by atoms with Crippen molar-refractivity contribution in [3.63, 3.8) is 0 Å². The van der Waals surface area contributed by atoms with Gasteiger partial charge in [-0.05, 0) is 36.6 Å². The van der Waals surface area contributed by atoms with Gasteiger partial charge >= 0.3 is 0 Å². The molecule has 0 spiro atoms. The maximum atomic E-state index is 11.5. The standard InChI is InChI=1S/C21H29N3O3S/c1-4-22-21(24-16-20(27-2)18-8-6-5-7-9-18)23-15-14-17-10-12-19(13-11-17)28(3,25)26/h5-13,20H,4,14-16H2,1-3H3,(H2,22,23,24).